The Bertz CT molecular complexity index is 446. The Kier molecular flexibility index (Phi) is 10.1. The molecule has 0 radical (unpaired) electrons. The Balaban J connectivity index is 0.00000400. The largest absolute Gasteiger partial charge is 0.487 e. The number of nitrogens with one attached hydrogen (secondary N) is 1. The van der Waals surface area contributed by atoms with Gasteiger partial charge in [-0.2, -0.15) is 0 Å². The van der Waals surface area contributed by atoms with Gasteiger partial charge in [0.15, 0.2) is 5.75 Å². The van der Waals surface area contributed by atoms with Crippen LogP contribution in [-0.2, 0) is 14.3 Å². The molecule has 0 saturated carbocycles. The van der Waals surface area contributed by atoms with Crippen LogP contribution in [0.1, 0.15) is 0 Å². The first-order valence-corrected chi connectivity index (χ1v) is 6.43. The third-order valence-corrected chi connectivity index (χ3v) is 2.74. The molecule has 0 spiro atoms. The van der Waals surface area contributed by atoms with Crippen molar-refractivity contribution in [3.05, 3.63) is 23.2 Å². The quantitative estimate of drug-likeness (QED) is 0.705. The van der Waals surface area contributed by atoms with Gasteiger partial charge >= 0.3 is 0 Å². The molecule has 3 N–H and O–H groups in total. The third kappa shape index (κ3) is 6.50. The van der Waals surface area contributed by atoms with E-state index in [-0.39, 0.29) is 24.9 Å². The number of hydrogen-bond acceptors (Lipinski definition) is 5. The topological polar surface area (TPSA) is 82.8 Å². The number of carbonyl (C=O) groups is 1. The van der Waals surface area contributed by atoms with Crippen LogP contribution in [0.25, 0.3) is 0 Å². The number of halogens is 2. The number of benzene rings is 1. The number of carbonyl (C=O) groups excluding carboxylic acids is 1. The summed E-state index contributed by atoms with van der Waals surface area (Å²) in [6, 6.07) is 4.31. The summed E-state index contributed by atoms with van der Waals surface area (Å²) in [6.07, 6.45) is 0. The molecule has 1 unspecified atom stereocenters. The fourth-order valence-corrected chi connectivity index (χ4v) is 1.69. The smallest absolute Gasteiger partial charge is 0.243 e. The van der Waals surface area contributed by atoms with Crippen LogP contribution in [0, 0.1) is 0 Å². The third-order valence-electron chi connectivity index (χ3n) is 2.44. The molecular weight excluding hydrogens is 319 g/mol. The van der Waals surface area contributed by atoms with Gasteiger partial charge < -0.3 is 25.3 Å². The zero-order valence-corrected chi connectivity index (χ0v) is 13.5. The molecule has 0 heterocycles. The lowest BCUT2D eigenvalue weighted by molar-refractivity contribution is -0.118. The molecule has 0 aromatic heterocycles. The fourth-order valence-electron chi connectivity index (χ4n) is 1.46. The van der Waals surface area contributed by atoms with Crippen LogP contribution in [-0.4, -0.2) is 46.0 Å². The molecule has 1 atom stereocenters. The predicted molar refractivity (Wildman–Crippen MR) is 84.6 cm³/mol. The monoisotopic (exact) mass is 338 g/mol. The van der Waals surface area contributed by atoms with Crippen molar-refractivity contribution in [2.75, 3.05) is 39.4 Å². The van der Waals surface area contributed by atoms with Crippen LogP contribution in [0.15, 0.2) is 18.2 Å². The first-order valence-electron chi connectivity index (χ1n) is 6.05. The molecule has 0 saturated heterocycles. The molecule has 120 valence electrons. The second-order valence-electron chi connectivity index (χ2n) is 4.01. The van der Waals surface area contributed by atoms with E-state index in [4.69, 9.17) is 31.5 Å². The second-order valence-corrected chi connectivity index (χ2v) is 4.42. The first kappa shape index (κ1) is 19.9. The predicted octanol–water partition coefficient (Wildman–Crippen LogP) is 1.70. The van der Waals surface area contributed by atoms with E-state index < -0.39 is 6.04 Å². The number of hydrogen-bond donors (Lipinski definition) is 2. The molecule has 8 heteroatoms. The van der Waals surface area contributed by atoms with Crippen molar-refractivity contribution in [3.8, 4) is 5.75 Å². The van der Waals surface area contributed by atoms with Crippen molar-refractivity contribution in [1.29, 1.82) is 0 Å². The van der Waals surface area contributed by atoms with Crippen LogP contribution >= 0.6 is 24.0 Å². The first-order chi connectivity index (χ1) is 9.60. The van der Waals surface area contributed by atoms with Gasteiger partial charge in [-0.05, 0) is 12.1 Å². The maximum Gasteiger partial charge on any atom is 0.243 e. The molecule has 0 aliphatic heterocycles. The molecule has 0 aliphatic rings. The second kappa shape index (κ2) is 10.6. The number of nitrogens with two attached hydrogens (primary N) is 1. The van der Waals surface area contributed by atoms with E-state index in [1.807, 2.05) is 0 Å². The van der Waals surface area contributed by atoms with Gasteiger partial charge in [-0.15, -0.1) is 12.4 Å². The fraction of sp³-hybridized carbons (Fsp3) is 0.462. The minimum Gasteiger partial charge on any atom is -0.487 e. The van der Waals surface area contributed by atoms with Crippen LogP contribution < -0.4 is 15.8 Å². The Morgan fingerprint density at radius 1 is 1.33 bits per heavy atom. The summed E-state index contributed by atoms with van der Waals surface area (Å²) in [4.78, 5) is 11.9. The summed E-state index contributed by atoms with van der Waals surface area (Å²) in [5.74, 6) is 0.0230. The van der Waals surface area contributed by atoms with Crippen LogP contribution in [0.2, 0.25) is 5.02 Å². The SMILES string of the molecule is COCCOc1c(Cl)cccc1NC(=O)C(N)COC.Cl. The minimum atomic E-state index is -0.759. The van der Waals surface area contributed by atoms with E-state index >= 15 is 0 Å². The molecule has 0 fully saturated rings. The number of para-hydroxylation sites is 1. The highest BCUT2D eigenvalue weighted by atomic mass is 35.5. The van der Waals surface area contributed by atoms with E-state index in [2.05, 4.69) is 5.32 Å². The van der Waals surface area contributed by atoms with E-state index in [9.17, 15) is 4.79 Å². The Morgan fingerprint density at radius 3 is 2.67 bits per heavy atom. The average molecular weight is 339 g/mol. The normalized spacial score (nSPS) is 11.4. The Hall–Kier alpha value is -1.05. The summed E-state index contributed by atoms with van der Waals surface area (Å²) in [7, 11) is 3.05. The van der Waals surface area contributed by atoms with Gasteiger partial charge in [0.1, 0.15) is 12.6 Å². The van der Waals surface area contributed by atoms with Crippen molar-refractivity contribution in [3.63, 3.8) is 0 Å². The molecule has 1 rings (SSSR count). The van der Waals surface area contributed by atoms with Crippen molar-refractivity contribution >= 4 is 35.6 Å². The molecule has 0 aliphatic carbocycles. The highest BCUT2D eigenvalue weighted by molar-refractivity contribution is 6.32. The maximum atomic E-state index is 11.9. The van der Waals surface area contributed by atoms with E-state index in [1.54, 1.807) is 25.3 Å². The lowest BCUT2D eigenvalue weighted by Gasteiger charge is -2.16. The highest BCUT2D eigenvalue weighted by Gasteiger charge is 2.16. The van der Waals surface area contributed by atoms with Gasteiger partial charge in [0, 0.05) is 14.2 Å². The number of amides is 1. The molecule has 1 aromatic rings. The Labute approximate surface area is 135 Å². The summed E-state index contributed by atoms with van der Waals surface area (Å²) >= 11 is 6.06. The molecule has 0 bridgehead atoms. The lowest BCUT2D eigenvalue weighted by atomic mass is 10.2. The molecule has 6 nitrogen and oxygen atoms in total. The maximum absolute atomic E-state index is 11.9. The van der Waals surface area contributed by atoms with Crippen LogP contribution in [0.5, 0.6) is 5.75 Å². The number of methoxy groups -OCH3 is 2. The molecule has 1 aromatic carbocycles. The lowest BCUT2D eigenvalue weighted by Crippen LogP contribution is -2.39. The van der Waals surface area contributed by atoms with Crippen molar-refractivity contribution < 1.29 is 19.0 Å². The van der Waals surface area contributed by atoms with Crippen molar-refractivity contribution in [2.24, 2.45) is 5.73 Å². The van der Waals surface area contributed by atoms with Crippen molar-refractivity contribution in [1.82, 2.24) is 0 Å². The zero-order chi connectivity index (χ0) is 15.0. The number of rotatable bonds is 8. The average Bonchev–Trinajstić information content (AvgIpc) is 2.42. The number of ether oxygens (including phenoxy) is 3. The van der Waals surface area contributed by atoms with E-state index in [0.29, 0.717) is 29.7 Å². The minimum absolute atomic E-state index is 0. The summed E-state index contributed by atoms with van der Waals surface area (Å²) in [5.41, 5.74) is 6.12. The van der Waals surface area contributed by atoms with Crippen LogP contribution in [0.3, 0.4) is 0 Å². The van der Waals surface area contributed by atoms with Gasteiger partial charge in [0.05, 0.1) is 23.9 Å². The van der Waals surface area contributed by atoms with Crippen LogP contribution in [0.4, 0.5) is 5.69 Å². The summed E-state index contributed by atoms with van der Waals surface area (Å²) in [5, 5.41) is 3.07. The van der Waals surface area contributed by atoms with E-state index in [1.165, 1.54) is 7.11 Å². The molecule has 1 amide bonds. The van der Waals surface area contributed by atoms with Gasteiger partial charge in [0.25, 0.3) is 0 Å². The van der Waals surface area contributed by atoms with Gasteiger partial charge in [-0.3, -0.25) is 4.79 Å². The summed E-state index contributed by atoms with van der Waals surface area (Å²) < 4.78 is 15.2. The number of anilines is 1. The molecular formula is C13H20Cl2N2O4. The standard InChI is InChI=1S/C13H19ClN2O4.ClH/c1-18-6-7-20-12-9(14)4-3-5-11(12)16-13(17)10(15)8-19-2;/h3-5,10H,6-8,15H2,1-2H3,(H,16,17);1H. The zero-order valence-electron chi connectivity index (χ0n) is 11.9. The highest BCUT2D eigenvalue weighted by Crippen LogP contribution is 2.32. The van der Waals surface area contributed by atoms with Crippen molar-refractivity contribution in [2.45, 2.75) is 6.04 Å². The molecule has 21 heavy (non-hydrogen) atoms. The van der Waals surface area contributed by atoms with Gasteiger partial charge in [-0.25, -0.2) is 0 Å². The summed E-state index contributed by atoms with van der Waals surface area (Å²) in [6.45, 7) is 0.876. The van der Waals surface area contributed by atoms with Gasteiger partial charge in [-0.1, -0.05) is 17.7 Å². The van der Waals surface area contributed by atoms with E-state index in [0.717, 1.165) is 0 Å². The van der Waals surface area contributed by atoms with Gasteiger partial charge in [0.2, 0.25) is 5.91 Å². The Morgan fingerprint density at radius 2 is 2.05 bits per heavy atom.